The number of nitrogens with one attached hydrogen (secondary N) is 1. The van der Waals surface area contributed by atoms with Crippen molar-refractivity contribution in [1.82, 2.24) is 10.2 Å². The fraction of sp³-hybridized carbons (Fsp3) is 0.364. The van der Waals surface area contributed by atoms with Gasteiger partial charge in [-0.25, -0.2) is 0 Å². The van der Waals surface area contributed by atoms with Crippen LogP contribution < -0.4 is 14.8 Å². The van der Waals surface area contributed by atoms with E-state index in [1.807, 2.05) is 48.5 Å². The second kappa shape index (κ2) is 9.26. The fourth-order valence-electron chi connectivity index (χ4n) is 3.41. The van der Waals surface area contributed by atoms with Crippen LogP contribution in [0.2, 0.25) is 0 Å². The van der Waals surface area contributed by atoms with E-state index < -0.39 is 0 Å². The van der Waals surface area contributed by atoms with E-state index in [4.69, 9.17) is 9.47 Å². The van der Waals surface area contributed by atoms with E-state index in [0.29, 0.717) is 37.6 Å². The summed E-state index contributed by atoms with van der Waals surface area (Å²) in [5, 5.41) is 2.95. The van der Waals surface area contributed by atoms with Crippen LogP contribution in [0.5, 0.6) is 11.5 Å². The summed E-state index contributed by atoms with van der Waals surface area (Å²) < 4.78 is 10.5. The average Bonchev–Trinajstić information content (AvgIpc) is 3.09. The van der Waals surface area contributed by atoms with Crippen LogP contribution in [0.1, 0.15) is 17.5 Å². The maximum atomic E-state index is 12.5. The van der Waals surface area contributed by atoms with Crippen molar-refractivity contribution in [2.24, 2.45) is 5.92 Å². The number of amides is 2. The Hall–Kier alpha value is -3.02. The average molecular weight is 382 g/mol. The maximum Gasteiger partial charge on any atom is 0.225 e. The SMILES string of the molecule is COc1ccc(CCNC(=O)C2CC(=O)N(Cc3ccccc3)C2)cc1OC. The zero-order valence-corrected chi connectivity index (χ0v) is 16.3. The second-order valence-electron chi connectivity index (χ2n) is 6.89. The first kappa shape index (κ1) is 19.7. The van der Waals surface area contributed by atoms with Gasteiger partial charge in [0.05, 0.1) is 20.1 Å². The molecule has 0 saturated carbocycles. The normalized spacial score (nSPS) is 16.1. The van der Waals surface area contributed by atoms with E-state index in [9.17, 15) is 9.59 Å². The summed E-state index contributed by atoms with van der Waals surface area (Å²) in [6.07, 6.45) is 0.954. The number of hydrogen-bond donors (Lipinski definition) is 1. The van der Waals surface area contributed by atoms with Gasteiger partial charge in [0, 0.05) is 26.1 Å². The highest BCUT2D eigenvalue weighted by Crippen LogP contribution is 2.27. The van der Waals surface area contributed by atoms with Crippen LogP contribution in [0.3, 0.4) is 0 Å². The molecular formula is C22H26N2O4. The van der Waals surface area contributed by atoms with Gasteiger partial charge >= 0.3 is 0 Å². The van der Waals surface area contributed by atoms with Crippen molar-refractivity contribution < 1.29 is 19.1 Å². The zero-order valence-electron chi connectivity index (χ0n) is 16.3. The Labute approximate surface area is 165 Å². The molecule has 1 heterocycles. The molecule has 28 heavy (non-hydrogen) atoms. The molecule has 0 radical (unpaired) electrons. The number of ether oxygens (including phenoxy) is 2. The van der Waals surface area contributed by atoms with E-state index in [2.05, 4.69) is 5.32 Å². The minimum Gasteiger partial charge on any atom is -0.493 e. The van der Waals surface area contributed by atoms with Gasteiger partial charge < -0.3 is 19.7 Å². The van der Waals surface area contributed by atoms with Crippen molar-refractivity contribution in [3.05, 3.63) is 59.7 Å². The minimum atomic E-state index is -0.290. The van der Waals surface area contributed by atoms with Crippen molar-refractivity contribution in [1.29, 1.82) is 0 Å². The van der Waals surface area contributed by atoms with Gasteiger partial charge in [0.1, 0.15) is 0 Å². The smallest absolute Gasteiger partial charge is 0.225 e. The zero-order chi connectivity index (χ0) is 19.9. The van der Waals surface area contributed by atoms with E-state index in [0.717, 1.165) is 11.1 Å². The number of hydrogen-bond acceptors (Lipinski definition) is 4. The van der Waals surface area contributed by atoms with Gasteiger partial charge in [-0.3, -0.25) is 9.59 Å². The van der Waals surface area contributed by atoms with Gasteiger partial charge in [-0.1, -0.05) is 36.4 Å². The molecule has 6 nitrogen and oxygen atoms in total. The molecule has 1 aliphatic heterocycles. The van der Waals surface area contributed by atoms with Crippen LogP contribution in [-0.4, -0.2) is 44.0 Å². The van der Waals surface area contributed by atoms with Gasteiger partial charge in [-0.2, -0.15) is 0 Å². The summed E-state index contributed by atoms with van der Waals surface area (Å²) in [6, 6.07) is 15.5. The summed E-state index contributed by atoms with van der Waals surface area (Å²) in [7, 11) is 3.20. The molecule has 1 saturated heterocycles. The molecule has 3 rings (SSSR count). The van der Waals surface area contributed by atoms with E-state index in [1.54, 1.807) is 19.1 Å². The van der Waals surface area contributed by atoms with Crippen molar-refractivity contribution in [2.75, 3.05) is 27.3 Å². The molecule has 0 aliphatic carbocycles. The Bertz CT molecular complexity index is 823. The summed E-state index contributed by atoms with van der Waals surface area (Å²) in [5.74, 6) is 1.03. The summed E-state index contributed by atoms with van der Waals surface area (Å²) in [4.78, 5) is 26.5. The molecule has 2 aromatic rings. The molecule has 2 amide bonds. The van der Waals surface area contributed by atoms with Gasteiger partial charge in [-0.15, -0.1) is 0 Å². The molecule has 6 heteroatoms. The highest BCUT2D eigenvalue weighted by Gasteiger charge is 2.33. The monoisotopic (exact) mass is 382 g/mol. The number of methoxy groups -OCH3 is 2. The number of carbonyl (C=O) groups excluding carboxylic acids is 2. The standard InChI is InChI=1S/C22H26N2O4/c1-27-19-9-8-16(12-20(19)28-2)10-11-23-22(26)18-13-21(25)24(15-18)14-17-6-4-3-5-7-17/h3-9,12,18H,10-11,13-15H2,1-2H3,(H,23,26). The molecule has 1 atom stereocenters. The van der Waals surface area contributed by atoms with Crippen molar-refractivity contribution in [2.45, 2.75) is 19.4 Å². The lowest BCUT2D eigenvalue weighted by Gasteiger charge is -2.16. The fourth-order valence-corrected chi connectivity index (χ4v) is 3.41. The van der Waals surface area contributed by atoms with Crippen molar-refractivity contribution in [3.63, 3.8) is 0 Å². The third-order valence-electron chi connectivity index (χ3n) is 4.96. The molecule has 0 aromatic heterocycles. The number of nitrogens with zero attached hydrogens (tertiary/aromatic N) is 1. The predicted molar refractivity (Wildman–Crippen MR) is 106 cm³/mol. The quantitative estimate of drug-likeness (QED) is 0.761. The molecule has 0 spiro atoms. The van der Waals surface area contributed by atoms with Crippen LogP contribution in [0.15, 0.2) is 48.5 Å². The van der Waals surface area contributed by atoms with E-state index >= 15 is 0 Å². The summed E-state index contributed by atoms with van der Waals surface area (Å²) >= 11 is 0. The highest BCUT2D eigenvalue weighted by atomic mass is 16.5. The third kappa shape index (κ3) is 4.82. The van der Waals surface area contributed by atoms with Gasteiger partial charge in [0.25, 0.3) is 0 Å². The first-order chi connectivity index (χ1) is 13.6. The largest absolute Gasteiger partial charge is 0.493 e. The first-order valence-electron chi connectivity index (χ1n) is 9.41. The number of benzene rings is 2. The molecule has 148 valence electrons. The minimum absolute atomic E-state index is 0.0314. The predicted octanol–water partition coefficient (Wildman–Crippen LogP) is 2.41. The van der Waals surface area contributed by atoms with Crippen molar-refractivity contribution >= 4 is 11.8 Å². The third-order valence-corrected chi connectivity index (χ3v) is 4.96. The maximum absolute atomic E-state index is 12.5. The highest BCUT2D eigenvalue weighted by molar-refractivity contribution is 5.89. The van der Waals surface area contributed by atoms with E-state index in [-0.39, 0.29) is 24.2 Å². The van der Waals surface area contributed by atoms with Crippen LogP contribution in [-0.2, 0) is 22.6 Å². The van der Waals surface area contributed by atoms with Gasteiger partial charge in [0.2, 0.25) is 11.8 Å². The molecule has 0 bridgehead atoms. The number of likely N-dealkylation sites (tertiary alicyclic amines) is 1. The molecule has 1 N–H and O–H groups in total. The lowest BCUT2D eigenvalue weighted by molar-refractivity contribution is -0.129. The van der Waals surface area contributed by atoms with Gasteiger partial charge in [-0.05, 0) is 29.7 Å². The lowest BCUT2D eigenvalue weighted by atomic mass is 10.1. The Kier molecular flexibility index (Phi) is 6.53. The number of rotatable bonds is 8. The molecule has 2 aromatic carbocycles. The molecule has 1 unspecified atom stereocenters. The molecule has 1 fully saturated rings. The number of carbonyl (C=O) groups is 2. The van der Waals surface area contributed by atoms with Crippen LogP contribution in [0.4, 0.5) is 0 Å². The Morgan fingerprint density at radius 2 is 1.82 bits per heavy atom. The van der Waals surface area contributed by atoms with Crippen LogP contribution in [0, 0.1) is 5.92 Å². The molecular weight excluding hydrogens is 356 g/mol. The summed E-state index contributed by atoms with van der Waals surface area (Å²) in [5.41, 5.74) is 2.12. The topological polar surface area (TPSA) is 67.9 Å². The van der Waals surface area contributed by atoms with Crippen molar-refractivity contribution in [3.8, 4) is 11.5 Å². The first-order valence-corrected chi connectivity index (χ1v) is 9.41. The summed E-state index contributed by atoms with van der Waals surface area (Å²) in [6.45, 7) is 1.53. The second-order valence-corrected chi connectivity index (χ2v) is 6.89. The molecule has 1 aliphatic rings. The van der Waals surface area contributed by atoms with E-state index in [1.165, 1.54) is 0 Å². The Morgan fingerprint density at radius 1 is 1.07 bits per heavy atom. The lowest BCUT2D eigenvalue weighted by Crippen LogP contribution is -2.34. The van der Waals surface area contributed by atoms with Crippen LogP contribution >= 0.6 is 0 Å². The Balaban J connectivity index is 1.48. The van der Waals surface area contributed by atoms with Gasteiger partial charge in [0.15, 0.2) is 11.5 Å². The van der Waals surface area contributed by atoms with Crippen LogP contribution in [0.25, 0.3) is 0 Å². The Morgan fingerprint density at radius 3 is 2.54 bits per heavy atom.